The number of hydrogen-bond acceptors (Lipinski definition) is 9. The highest BCUT2D eigenvalue weighted by Gasteiger charge is 2.54. The van der Waals surface area contributed by atoms with E-state index >= 15 is 0 Å². The Balaban J connectivity index is 0.000000137. The molecule has 18 aromatic carbocycles. The molecule has 2 aliphatic heterocycles. The highest BCUT2D eigenvalue weighted by molar-refractivity contribution is 6.17. The molecule has 0 amide bonds. The Morgan fingerprint density at radius 1 is 0.177 bits per heavy atom. The Bertz CT molecular complexity index is 8430. The molecular weight excluding hydrogens is 1580 g/mol. The SMILES string of the molecule is c1ccc(-c2ccc3ccc4ccc(-c5cccc(-c6nc7ccccc7c7cc8c(cc67)N(c6ccccc6)c6ccccc6C86c7ccccc7-c7ccccc76)c5)nc4c3n2)cc1.c1ccc(-c2nc(-c3ccccc3)nc(-c3cccc(-c4nc5ccccc5c5cc6c(cc45)N(c4ccccc4)c4ccccc4C64c5ccccc5-c5ccccc54)c3)n2)cc1. The zero-order valence-corrected chi connectivity index (χ0v) is 70.3. The van der Waals surface area contributed by atoms with Gasteiger partial charge in [-0.15, -0.1) is 0 Å². The van der Waals surface area contributed by atoms with E-state index in [2.05, 4.69) is 398 Å². The van der Waals surface area contributed by atoms with Gasteiger partial charge in [0.15, 0.2) is 17.5 Å². The minimum absolute atomic E-state index is 0.564. The van der Waals surface area contributed by atoms with Gasteiger partial charge in [0.25, 0.3) is 0 Å². The van der Waals surface area contributed by atoms with Gasteiger partial charge in [0, 0.05) is 82.6 Å². The van der Waals surface area contributed by atoms with Gasteiger partial charge in [0.2, 0.25) is 0 Å². The lowest BCUT2D eigenvalue weighted by Gasteiger charge is -2.45. The van der Waals surface area contributed by atoms with Gasteiger partial charge in [-0.2, -0.15) is 0 Å². The molecule has 7 heterocycles. The normalized spacial score (nSPS) is 13.2. The van der Waals surface area contributed by atoms with Crippen molar-refractivity contribution in [2.75, 3.05) is 9.80 Å². The van der Waals surface area contributed by atoms with E-state index < -0.39 is 10.8 Å². The maximum atomic E-state index is 5.54. The fraction of sp³-hybridized carbons (Fsp3) is 0.0165. The summed E-state index contributed by atoms with van der Waals surface area (Å²) >= 11 is 0. The maximum absolute atomic E-state index is 5.54. The standard InChI is InChI=1S/C62H38N4.C59H37N5/c1-3-16-39(17-4-1)54-34-32-40-30-31-41-33-35-55(64-61(41)60(40)63-54)42-18-15-19-43(36-42)59-49-38-58-53(37-48(49)47-24-9-13-28-56(47)65-59)62(50-25-10-7-22-45(50)46-23-8-11-26-51(46)62)52-27-12-14-29-57(52)66(58)44-20-5-2-6-21-44;1-4-19-38(20-5-1)56-61-57(39-21-6-2-7-22-39)63-58(62-56)41-24-18-23-40(35-41)55-47-37-54-51(36-46(47)45-29-12-16-33-52(45)60-55)59(48-30-13-10-27-43(48)44-28-11-14-31-49(44)59)50-32-15-17-34-53(50)64(54)42-25-8-3-9-26-42/h1-38H;1-37H. The summed E-state index contributed by atoms with van der Waals surface area (Å²) in [6.07, 6.45) is 0. The van der Waals surface area contributed by atoms with Crippen molar-refractivity contribution in [2.45, 2.75) is 10.8 Å². The van der Waals surface area contributed by atoms with Crippen molar-refractivity contribution in [1.29, 1.82) is 0 Å². The van der Waals surface area contributed by atoms with Crippen LogP contribution < -0.4 is 9.80 Å². The molecule has 9 heteroatoms. The number of nitrogens with zero attached hydrogens (tertiary/aromatic N) is 9. The molecule has 2 spiro atoms. The second kappa shape index (κ2) is 29.7. The average molecular weight is 1650 g/mol. The molecular formula is C121H75N9. The average Bonchev–Trinajstić information content (AvgIpc) is 1.52. The van der Waals surface area contributed by atoms with Crippen LogP contribution in [-0.2, 0) is 10.8 Å². The molecule has 0 saturated carbocycles. The van der Waals surface area contributed by atoms with Crippen LogP contribution in [0.2, 0.25) is 0 Å². The van der Waals surface area contributed by atoms with Crippen molar-refractivity contribution in [3.05, 3.63) is 499 Å². The summed E-state index contributed by atoms with van der Waals surface area (Å²) < 4.78 is 0. The summed E-state index contributed by atoms with van der Waals surface area (Å²) in [5, 5.41) is 8.83. The number of para-hydroxylation sites is 6. The van der Waals surface area contributed by atoms with E-state index in [9.17, 15) is 0 Å². The Hall–Kier alpha value is -17.3. The van der Waals surface area contributed by atoms with Crippen molar-refractivity contribution < 1.29 is 0 Å². The Morgan fingerprint density at radius 3 is 0.923 bits per heavy atom. The highest BCUT2D eigenvalue weighted by Crippen LogP contribution is 2.67. The van der Waals surface area contributed by atoms with Gasteiger partial charge in [0.05, 0.1) is 78.4 Å². The Morgan fingerprint density at radius 2 is 0.492 bits per heavy atom. The van der Waals surface area contributed by atoms with Crippen LogP contribution in [0.5, 0.6) is 0 Å². The second-order valence-corrected chi connectivity index (χ2v) is 34.0. The van der Waals surface area contributed by atoms with Crippen molar-refractivity contribution in [1.82, 2.24) is 34.9 Å². The molecule has 0 fully saturated rings. The van der Waals surface area contributed by atoms with Crippen LogP contribution in [0.1, 0.15) is 44.5 Å². The van der Waals surface area contributed by atoms with Crippen LogP contribution in [0, 0.1) is 0 Å². The van der Waals surface area contributed by atoms with Crippen molar-refractivity contribution in [3.8, 4) is 101 Å². The summed E-state index contributed by atoms with van der Waals surface area (Å²) in [6.45, 7) is 0. The van der Waals surface area contributed by atoms with Crippen LogP contribution in [0.15, 0.2) is 455 Å². The molecule has 604 valence electrons. The zero-order valence-electron chi connectivity index (χ0n) is 70.3. The predicted molar refractivity (Wildman–Crippen MR) is 532 cm³/mol. The topological polar surface area (TPSA) is 96.7 Å². The minimum atomic E-state index is -0.575. The molecule has 27 rings (SSSR count). The predicted octanol–water partition coefficient (Wildman–Crippen LogP) is 30.0. The number of fused-ring (bicyclic) bond motifs is 27. The lowest BCUT2D eigenvalue weighted by Crippen LogP contribution is -2.36. The van der Waals surface area contributed by atoms with Gasteiger partial charge < -0.3 is 9.80 Å². The van der Waals surface area contributed by atoms with Gasteiger partial charge in [0.1, 0.15) is 0 Å². The van der Waals surface area contributed by atoms with E-state index in [1.54, 1.807) is 0 Å². The van der Waals surface area contributed by atoms with Crippen LogP contribution in [0.3, 0.4) is 0 Å². The summed E-state index contributed by atoms with van der Waals surface area (Å²) in [5.41, 5.74) is 35.2. The zero-order chi connectivity index (χ0) is 85.5. The highest BCUT2D eigenvalue weighted by atomic mass is 15.2. The Kier molecular flexibility index (Phi) is 17.0. The number of rotatable bonds is 9. The molecule has 2 aliphatic carbocycles. The van der Waals surface area contributed by atoms with Crippen molar-refractivity contribution in [2.24, 2.45) is 0 Å². The van der Waals surface area contributed by atoms with E-state index in [1.807, 2.05) is 66.7 Å². The van der Waals surface area contributed by atoms with Gasteiger partial charge >= 0.3 is 0 Å². The van der Waals surface area contributed by atoms with Gasteiger partial charge in [-0.3, -0.25) is 0 Å². The number of aromatic nitrogens is 7. The maximum Gasteiger partial charge on any atom is 0.164 e. The summed E-state index contributed by atoms with van der Waals surface area (Å²) in [5.74, 6) is 1.85. The fourth-order valence-electron chi connectivity index (χ4n) is 21.5. The van der Waals surface area contributed by atoms with Gasteiger partial charge in [-0.05, 0) is 175 Å². The number of anilines is 6. The Labute approximate surface area is 750 Å². The molecule has 5 aromatic heterocycles. The number of hydrogen-bond donors (Lipinski definition) is 0. The van der Waals surface area contributed by atoms with E-state index in [-0.39, 0.29) is 0 Å². The van der Waals surface area contributed by atoms with Crippen LogP contribution in [0.25, 0.3) is 167 Å². The molecule has 0 unspecified atom stereocenters. The van der Waals surface area contributed by atoms with Crippen molar-refractivity contribution >= 4 is 99.3 Å². The molecule has 0 N–H and O–H groups in total. The molecule has 23 aromatic rings. The molecule has 130 heavy (non-hydrogen) atoms. The third-order valence-corrected chi connectivity index (χ3v) is 27.1. The number of benzene rings is 18. The lowest BCUT2D eigenvalue weighted by atomic mass is 9.64. The van der Waals surface area contributed by atoms with Crippen LogP contribution >= 0.6 is 0 Å². The minimum Gasteiger partial charge on any atom is -0.310 e. The largest absolute Gasteiger partial charge is 0.310 e. The first-order valence-electron chi connectivity index (χ1n) is 44.3. The monoisotopic (exact) mass is 1650 g/mol. The molecule has 9 nitrogen and oxygen atoms in total. The van der Waals surface area contributed by atoms with Gasteiger partial charge in [-0.25, -0.2) is 34.9 Å². The molecule has 0 bridgehead atoms. The quantitative estimate of drug-likeness (QED) is 0.131. The molecule has 4 aliphatic rings. The number of pyridine rings is 4. The summed E-state index contributed by atoms with van der Waals surface area (Å²) in [7, 11) is 0. The van der Waals surface area contributed by atoms with E-state index in [1.165, 1.54) is 77.8 Å². The van der Waals surface area contributed by atoms with E-state index in [4.69, 9.17) is 34.9 Å². The van der Waals surface area contributed by atoms with E-state index in [0.717, 1.165) is 150 Å². The fourth-order valence-corrected chi connectivity index (χ4v) is 21.5. The first-order valence-corrected chi connectivity index (χ1v) is 44.3. The summed E-state index contributed by atoms with van der Waals surface area (Å²) in [4.78, 5) is 41.7. The van der Waals surface area contributed by atoms with Gasteiger partial charge in [-0.1, -0.05) is 358 Å². The third kappa shape index (κ3) is 11.4. The molecule has 0 saturated heterocycles. The van der Waals surface area contributed by atoms with E-state index in [0.29, 0.717) is 17.5 Å². The lowest BCUT2D eigenvalue weighted by molar-refractivity contribution is 0.754. The van der Waals surface area contributed by atoms with Crippen molar-refractivity contribution in [3.63, 3.8) is 0 Å². The first-order chi connectivity index (χ1) is 64.5. The summed E-state index contributed by atoms with van der Waals surface area (Å²) in [6, 6.07) is 163. The molecule has 0 atom stereocenters. The van der Waals surface area contributed by atoms with Crippen LogP contribution in [-0.4, -0.2) is 34.9 Å². The smallest absolute Gasteiger partial charge is 0.164 e. The molecule has 0 radical (unpaired) electrons. The second-order valence-electron chi connectivity index (χ2n) is 34.0. The third-order valence-electron chi connectivity index (χ3n) is 27.1. The van der Waals surface area contributed by atoms with Crippen LogP contribution in [0.4, 0.5) is 34.1 Å². The first kappa shape index (κ1) is 74.2.